The smallest absolute Gasteiger partial charge is 0.139 e. The molecule has 5 aliphatic rings. The Labute approximate surface area is 201 Å². The van der Waals surface area contributed by atoms with Crippen LogP contribution in [0.2, 0.25) is 0 Å². The first-order valence-corrected chi connectivity index (χ1v) is 13.7. The monoisotopic (exact) mass is 456 g/mol. The number of allylic oxidation sites excluding steroid dienone is 2. The number of aliphatic hydroxyl groups excluding tert-OH is 2. The Bertz CT molecular complexity index is 889. The van der Waals surface area contributed by atoms with Gasteiger partial charge >= 0.3 is 0 Å². The number of hydrogen-bond donors (Lipinski definition) is 2. The predicted molar refractivity (Wildman–Crippen MR) is 133 cm³/mol. The van der Waals surface area contributed by atoms with E-state index in [1.807, 2.05) is 0 Å². The van der Waals surface area contributed by atoms with Crippen LogP contribution in [-0.2, 0) is 4.79 Å². The Kier molecular flexibility index (Phi) is 5.07. The molecular weight excluding hydrogens is 408 g/mol. The summed E-state index contributed by atoms with van der Waals surface area (Å²) in [6.45, 7) is 16.6. The maximum atomic E-state index is 13.0. The summed E-state index contributed by atoms with van der Waals surface area (Å²) in [7, 11) is 0. The summed E-state index contributed by atoms with van der Waals surface area (Å²) in [5.41, 5.74) is 1.75. The van der Waals surface area contributed by atoms with Crippen LogP contribution in [0.3, 0.4) is 0 Å². The number of rotatable bonds is 1. The quantitative estimate of drug-likeness (QED) is 0.454. The summed E-state index contributed by atoms with van der Waals surface area (Å²) in [6.07, 6.45) is 11.6. The second-order valence-corrected chi connectivity index (χ2v) is 14.9. The predicted octanol–water partition coefficient (Wildman–Crippen LogP) is 6.32. The minimum Gasteiger partial charge on any atom is -0.396 e. The first-order valence-electron chi connectivity index (χ1n) is 13.7. The second kappa shape index (κ2) is 6.96. The van der Waals surface area contributed by atoms with E-state index in [1.54, 1.807) is 5.57 Å². The number of hydrogen-bond acceptors (Lipinski definition) is 3. The zero-order chi connectivity index (χ0) is 24.2. The summed E-state index contributed by atoms with van der Waals surface area (Å²) >= 11 is 0. The fraction of sp³-hybridized carbons (Fsp3) is 0.900. The maximum absolute atomic E-state index is 13.0. The summed E-state index contributed by atoms with van der Waals surface area (Å²) < 4.78 is 0. The largest absolute Gasteiger partial charge is 0.396 e. The van der Waals surface area contributed by atoms with Gasteiger partial charge in [-0.05, 0) is 90.8 Å². The van der Waals surface area contributed by atoms with E-state index < -0.39 is 11.5 Å². The van der Waals surface area contributed by atoms with E-state index in [0.29, 0.717) is 23.5 Å². The molecule has 0 aromatic heterocycles. The van der Waals surface area contributed by atoms with Crippen LogP contribution in [0.4, 0.5) is 0 Å². The fourth-order valence-electron chi connectivity index (χ4n) is 10.4. The average molecular weight is 457 g/mol. The van der Waals surface area contributed by atoms with Crippen molar-refractivity contribution in [1.29, 1.82) is 0 Å². The molecule has 5 aliphatic carbocycles. The van der Waals surface area contributed by atoms with Gasteiger partial charge in [-0.15, -0.1) is 0 Å². The van der Waals surface area contributed by atoms with Crippen LogP contribution in [-0.4, -0.2) is 28.7 Å². The van der Waals surface area contributed by atoms with Gasteiger partial charge in [0.25, 0.3) is 0 Å². The van der Waals surface area contributed by atoms with Crippen LogP contribution in [0.1, 0.15) is 106 Å². The minimum absolute atomic E-state index is 0.0831. The lowest BCUT2D eigenvalue weighted by Gasteiger charge is -2.71. The highest BCUT2D eigenvalue weighted by Crippen LogP contribution is 2.75. The van der Waals surface area contributed by atoms with E-state index in [9.17, 15) is 15.0 Å². The van der Waals surface area contributed by atoms with Crippen molar-refractivity contribution >= 4 is 5.78 Å². The molecule has 186 valence electrons. The second-order valence-electron chi connectivity index (χ2n) is 14.9. The van der Waals surface area contributed by atoms with Crippen molar-refractivity contribution in [3.05, 3.63) is 11.6 Å². The number of aliphatic hydroxyl groups is 2. The molecule has 9 atom stereocenters. The topological polar surface area (TPSA) is 57.5 Å². The molecule has 3 nitrogen and oxygen atoms in total. The Morgan fingerprint density at radius 3 is 2.30 bits per heavy atom. The zero-order valence-corrected chi connectivity index (χ0v) is 22.3. The van der Waals surface area contributed by atoms with E-state index in [-0.39, 0.29) is 33.7 Å². The van der Waals surface area contributed by atoms with Crippen molar-refractivity contribution < 1.29 is 15.0 Å². The Balaban J connectivity index is 1.58. The molecule has 33 heavy (non-hydrogen) atoms. The van der Waals surface area contributed by atoms with Crippen molar-refractivity contribution in [2.75, 3.05) is 6.61 Å². The van der Waals surface area contributed by atoms with Gasteiger partial charge in [-0.2, -0.15) is 0 Å². The van der Waals surface area contributed by atoms with Crippen LogP contribution in [0.25, 0.3) is 0 Å². The van der Waals surface area contributed by atoms with Crippen molar-refractivity contribution in [2.45, 2.75) is 112 Å². The molecule has 0 heterocycles. The third-order valence-corrected chi connectivity index (χ3v) is 13.1. The molecule has 4 saturated carbocycles. The highest BCUT2D eigenvalue weighted by molar-refractivity contribution is 5.86. The standard InChI is InChI=1S/C30H48O3/c1-25(2)16-20-19-8-9-22-27(4)12-11-23(32)28(5,18-31)21(27)10-13-30(22,7)29(19,6)15-14-26(20,3)17-24(25)33/h8,20-23,31-32H,9-18H2,1-7H3/t20-,21?,22?,23-,26-,27-,28+,29?,30+/m0/s1. The highest BCUT2D eigenvalue weighted by Gasteiger charge is 2.68. The molecule has 0 bridgehead atoms. The molecule has 3 unspecified atom stereocenters. The van der Waals surface area contributed by atoms with E-state index in [4.69, 9.17) is 0 Å². The van der Waals surface area contributed by atoms with Crippen LogP contribution >= 0.6 is 0 Å². The molecule has 4 fully saturated rings. The van der Waals surface area contributed by atoms with Crippen LogP contribution in [0.5, 0.6) is 0 Å². The van der Waals surface area contributed by atoms with Crippen LogP contribution in [0.15, 0.2) is 11.6 Å². The molecule has 3 heteroatoms. The molecule has 2 N–H and O–H groups in total. The summed E-state index contributed by atoms with van der Waals surface area (Å²) in [5.74, 6) is 1.93. The summed E-state index contributed by atoms with van der Waals surface area (Å²) in [5, 5.41) is 21.3. The molecule has 0 amide bonds. The van der Waals surface area contributed by atoms with Gasteiger partial charge in [0.05, 0.1) is 12.7 Å². The van der Waals surface area contributed by atoms with Gasteiger partial charge in [0, 0.05) is 17.3 Å². The molecular formula is C30H48O3. The molecule has 0 saturated heterocycles. The molecule has 0 spiro atoms. The van der Waals surface area contributed by atoms with Crippen LogP contribution in [0, 0.1) is 50.2 Å². The van der Waals surface area contributed by atoms with E-state index in [1.165, 1.54) is 12.8 Å². The zero-order valence-electron chi connectivity index (χ0n) is 22.3. The lowest BCUT2D eigenvalue weighted by Crippen LogP contribution is -2.65. The van der Waals surface area contributed by atoms with Gasteiger partial charge in [-0.1, -0.05) is 60.1 Å². The minimum atomic E-state index is -0.396. The SMILES string of the molecule is CC1(C)C[C@H]2C3=CCC4[C@@]5(C)CC[C@H](O)[C@](C)(CO)C5CC[C@@]4(C)C3(C)CC[C@@]2(C)CC1=O. The summed E-state index contributed by atoms with van der Waals surface area (Å²) in [4.78, 5) is 13.0. The van der Waals surface area contributed by atoms with Gasteiger partial charge in [0.2, 0.25) is 0 Å². The van der Waals surface area contributed by atoms with Gasteiger partial charge in [0.15, 0.2) is 0 Å². The Morgan fingerprint density at radius 2 is 1.64 bits per heavy atom. The molecule has 5 rings (SSSR count). The van der Waals surface area contributed by atoms with E-state index in [0.717, 1.165) is 44.9 Å². The lowest BCUT2D eigenvalue weighted by molar-refractivity contribution is -0.215. The van der Waals surface area contributed by atoms with Crippen LogP contribution < -0.4 is 0 Å². The Hall–Kier alpha value is -0.670. The fourth-order valence-corrected chi connectivity index (χ4v) is 10.4. The molecule has 0 aliphatic heterocycles. The molecule has 0 radical (unpaired) electrons. The highest BCUT2D eigenvalue weighted by atomic mass is 16.3. The first kappa shape index (κ1) is 24.0. The number of carbonyl (C=O) groups is 1. The van der Waals surface area contributed by atoms with Crippen molar-refractivity contribution in [3.8, 4) is 0 Å². The van der Waals surface area contributed by atoms with Gasteiger partial charge in [-0.3, -0.25) is 4.79 Å². The number of fused-ring (bicyclic) bond motifs is 7. The average Bonchev–Trinajstić information content (AvgIpc) is 2.73. The van der Waals surface area contributed by atoms with Crippen molar-refractivity contribution in [3.63, 3.8) is 0 Å². The molecule has 0 aromatic carbocycles. The van der Waals surface area contributed by atoms with Gasteiger partial charge in [-0.25, -0.2) is 0 Å². The first-order chi connectivity index (χ1) is 15.2. The number of Topliss-reactive ketones (excluding diaryl/α,β-unsaturated/α-hetero) is 1. The van der Waals surface area contributed by atoms with E-state index in [2.05, 4.69) is 54.5 Å². The number of ketones is 1. The Morgan fingerprint density at radius 1 is 0.939 bits per heavy atom. The maximum Gasteiger partial charge on any atom is 0.139 e. The number of carbonyl (C=O) groups excluding carboxylic acids is 1. The normalized spacial score (nSPS) is 55.5. The van der Waals surface area contributed by atoms with E-state index >= 15 is 0 Å². The third-order valence-electron chi connectivity index (χ3n) is 13.1. The van der Waals surface area contributed by atoms with Crippen molar-refractivity contribution in [1.82, 2.24) is 0 Å². The lowest BCUT2D eigenvalue weighted by atomic mass is 9.33. The summed E-state index contributed by atoms with van der Waals surface area (Å²) in [6, 6.07) is 0. The van der Waals surface area contributed by atoms with Gasteiger partial charge < -0.3 is 10.2 Å². The van der Waals surface area contributed by atoms with Crippen molar-refractivity contribution in [2.24, 2.45) is 50.2 Å². The van der Waals surface area contributed by atoms with Gasteiger partial charge in [0.1, 0.15) is 5.78 Å². The molecule has 0 aromatic rings. The third kappa shape index (κ3) is 2.85.